The van der Waals surface area contributed by atoms with Crippen LogP contribution in [0.25, 0.3) is 11.5 Å². The van der Waals surface area contributed by atoms with Gasteiger partial charge in [-0.1, -0.05) is 30.3 Å². The van der Waals surface area contributed by atoms with Crippen molar-refractivity contribution in [2.75, 3.05) is 32.9 Å². The number of morpholine rings is 1. The van der Waals surface area contributed by atoms with E-state index in [1.807, 2.05) is 66.4 Å². The van der Waals surface area contributed by atoms with Gasteiger partial charge in [0.25, 0.3) is 5.22 Å². The largest absolute Gasteiger partial charge is 0.494 e. The number of hydrogen-bond donors (Lipinski definition) is 0. The molecule has 0 bridgehead atoms. The summed E-state index contributed by atoms with van der Waals surface area (Å²) in [7, 11) is 0. The zero-order chi connectivity index (χ0) is 20.8. The summed E-state index contributed by atoms with van der Waals surface area (Å²) in [5, 5.41) is 8.22. The van der Waals surface area contributed by atoms with E-state index in [4.69, 9.17) is 13.9 Å². The van der Waals surface area contributed by atoms with Crippen LogP contribution in [0.5, 0.6) is 5.75 Å². The van der Waals surface area contributed by atoms with E-state index in [0.717, 1.165) is 16.9 Å². The van der Waals surface area contributed by atoms with Gasteiger partial charge in [-0.25, -0.2) is 0 Å². The van der Waals surface area contributed by atoms with Gasteiger partial charge in [0.15, 0.2) is 0 Å². The maximum atomic E-state index is 13.2. The summed E-state index contributed by atoms with van der Waals surface area (Å²) in [5.41, 5.74) is 1.70. The van der Waals surface area contributed by atoms with E-state index in [-0.39, 0.29) is 5.91 Å². The summed E-state index contributed by atoms with van der Waals surface area (Å²) in [6, 6.07) is 17.2. The number of thioether (sulfide) groups is 1. The van der Waals surface area contributed by atoms with Gasteiger partial charge in [0.2, 0.25) is 11.8 Å². The lowest BCUT2D eigenvalue weighted by Crippen LogP contribution is -2.42. The molecule has 0 radical (unpaired) electrons. The molecule has 3 aromatic rings. The van der Waals surface area contributed by atoms with Crippen LogP contribution in [0.3, 0.4) is 0 Å². The molecular formula is C22H23N3O4S. The van der Waals surface area contributed by atoms with Crippen LogP contribution >= 0.6 is 11.8 Å². The van der Waals surface area contributed by atoms with Gasteiger partial charge < -0.3 is 18.8 Å². The van der Waals surface area contributed by atoms with Crippen LogP contribution < -0.4 is 4.74 Å². The molecule has 7 nitrogen and oxygen atoms in total. The topological polar surface area (TPSA) is 77.7 Å². The first-order valence-corrected chi connectivity index (χ1v) is 10.8. The van der Waals surface area contributed by atoms with Crippen molar-refractivity contribution < 1.29 is 18.7 Å². The third-order valence-corrected chi connectivity index (χ3v) is 5.76. The first-order valence-electron chi connectivity index (χ1n) is 9.89. The first kappa shape index (κ1) is 20.4. The number of carbonyl (C=O) groups is 1. The summed E-state index contributed by atoms with van der Waals surface area (Å²) in [6.45, 7) is 4.84. The van der Waals surface area contributed by atoms with Crippen molar-refractivity contribution in [3.8, 4) is 17.2 Å². The van der Waals surface area contributed by atoms with Gasteiger partial charge in [0.05, 0.1) is 19.8 Å². The standard InChI is InChI=1S/C22H23N3O4S/c1-2-28-18-10-8-17(9-11-18)20-23-24-22(29-20)30-19(16-6-4-3-5-7-16)21(26)25-12-14-27-15-13-25/h3-11,19H,2,12-15H2,1H3/t19-/m0/s1. The second-order valence-electron chi connectivity index (χ2n) is 6.68. The molecule has 4 rings (SSSR count). The molecule has 1 aromatic heterocycles. The molecule has 0 spiro atoms. The second kappa shape index (κ2) is 9.77. The molecule has 8 heteroatoms. The predicted molar refractivity (Wildman–Crippen MR) is 113 cm³/mol. The Hall–Kier alpha value is -2.84. The summed E-state index contributed by atoms with van der Waals surface area (Å²) >= 11 is 1.27. The van der Waals surface area contributed by atoms with E-state index in [9.17, 15) is 4.79 Å². The lowest BCUT2D eigenvalue weighted by molar-refractivity contribution is -0.134. The van der Waals surface area contributed by atoms with Crippen molar-refractivity contribution in [1.82, 2.24) is 15.1 Å². The van der Waals surface area contributed by atoms with Gasteiger partial charge in [-0.05, 0) is 48.5 Å². The zero-order valence-electron chi connectivity index (χ0n) is 16.7. The smallest absolute Gasteiger partial charge is 0.277 e. The van der Waals surface area contributed by atoms with Crippen LogP contribution in [0.15, 0.2) is 64.2 Å². The minimum Gasteiger partial charge on any atom is -0.494 e. The SMILES string of the molecule is CCOc1ccc(-c2nnc(S[C@H](C(=O)N3CCOCC3)c3ccccc3)o2)cc1. The van der Waals surface area contributed by atoms with Crippen molar-refractivity contribution in [2.24, 2.45) is 0 Å². The van der Waals surface area contributed by atoms with Crippen LogP contribution in [0.4, 0.5) is 0 Å². The quantitative estimate of drug-likeness (QED) is 0.533. The number of aromatic nitrogens is 2. The van der Waals surface area contributed by atoms with Crippen LogP contribution in [-0.2, 0) is 9.53 Å². The Labute approximate surface area is 179 Å². The third-order valence-electron chi connectivity index (χ3n) is 4.69. The molecule has 2 heterocycles. The van der Waals surface area contributed by atoms with Gasteiger partial charge in [-0.3, -0.25) is 4.79 Å². The number of carbonyl (C=O) groups excluding carboxylic acids is 1. The summed E-state index contributed by atoms with van der Waals surface area (Å²) in [6.07, 6.45) is 0. The molecule has 30 heavy (non-hydrogen) atoms. The predicted octanol–water partition coefficient (Wildman–Crippen LogP) is 3.83. The zero-order valence-corrected chi connectivity index (χ0v) is 17.5. The number of ether oxygens (including phenoxy) is 2. The molecule has 1 amide bonds. The number of rotatable bonds is 7. The highest BCUT2D eigenvalue weighted by atomic mass is 32.2. The van der Waals surface area contributed by atoms with E-state index in [2.05, 4.69) is 10.2 Å². The minimum atomic E-state index is -0.460. The van der Waals surface area contributed by atoms with Gasteiger partial charge in [-0.2, -0.15) is 0 Å². The van der Waals surface area contributed by atoms with E-state index in [1.54, 1.807) is 0 Å². The summed E-state index contributed by atoms with van der Waals surface area (Å²) < 4.78 is 16.7. The van der Waals surface area contributed by atoms with E-state index in [1.165, 1.54) is 11.8 Å². The Morgan fingerprint density at radius 3 is 2.53 bits per heavy atom. The van der Waals surface area contributed by atoms with Crippen molar-refractivity contribution in [3.63, 3.8) is 0 Å². The van der Waals surface area contributed by atoms with Crippen molar-refractivity contribution in [3.05, 3.63) is 60.2 Å². The molecule has 1 fully saturated rings. The Morgan fingerprint density at radius 2 is 1.83 bits per heavy atom. The van der Waals surface area contributed by atoms with Crippen LogP contribution in [0, 0.1) is 0 Å². The molecule has 0 saturated carbocycles. The van der Waals surface area contributed by atoms with E-state index >= 15 is 0 Å². The average molecular weight is 426 g/mol. The fraction of sp³-hybridized carbons (Fsp3) is 0.318. The molecule has 156 valence electrons. The average Bonchev–Trinajstić information content (AvgIpc) is 3.28. The monoisotopic (exact) mass is 425 g/mol. The number of amides is 1. The Kier molecular flexibility index (Phi) is 6.66. The van der Waals surface area contributed by atoms with E-state index in [0.29, 0.717) is 44.0 Å². The van der Waals surface area contributed by atoms with Gasteiger partial charge >= 0.3 is 0 Å². The van der Waals surface area contributed by atoms with Crippen LogP contribution in [0.1, 0.15) is 17.7 Å². The lowest BCUT2D eigenvalue weighted by Gasteiger charge is -2.29. The lowest BCUT2D eigenvalue weighted by atomic mass is 10.1. The Morgan fingerprint density at radius 1 is 1.10 bits per heavy atom. The van der Waals surface area contributed by atoms with Crippen molar-refractivity contribution in [1.29, 1.82) is 0 Å². The molecule has 0 aliphatic carbocycles. The molecule has 0 N–H and O–H groups in total. The second-order valence-corrected chi connectivity index (χ2v) is 7.73. The highest BCUT2D eigenvalue weighted by molar-refractivity contribution is 8.00. The molecular weight excluding hydrogens is 402 g/mol. The minimum absolute atomic E-state index is 0.0234. The summed E-state index contributed by atoms with van der Waals surface area (Å²) in [5.74, 6) is 1.22. The third kappa shape index (κ3) is 4.83. The first-order chi connectivity index (χ1) is 14.7. The maximum absolute atomic E-state index is 13.2. The molecule has 2 aromatic carbocycles. The molecule has 1 saturated heterocycles. The Balaban J connectivity index is 1.54. The van der Waals surface area contributed by atoms with Crippen molar-refractivity contribution >= 4 is 17.7 Å². The van der Waals surface area contributed by atoms with Gasteiger partial charge in [0, 0.05) is 18.7 Å². The molecule has 0 unspecified atom stereocenters. The number of nitrogens with zero attached hydrogens (tertiary/aromatic N) is 3. The van der Waals surface area contributed by atoms with E-state index < -0.39 is 5.25 Å². The van der Waals surface area contributed by atoms with Crippen molar-refractivity contribution in [2.45, 2.75) is 17.4 Å². The van der Waals surface area contributed by atoms with Gasteiger partial charge in [-0.15, -0.1) is 10.2 Å². The highest BCUT2D eigenvalue weighted by Crippen LogP contribution is 2.37. The maximum Gasteiger partial charge on any atom is 0.277 e. The molecule has 1 atom stereocenters. The normalized spacial score (nSPS) is 15.0. The molecule has 1 aliphatic heterocycles. The fourth-order valence-electron chi connectivity index (χ4n) is 3.17. The summed E-state index contributed by atoms with van der Waals surface area (Å²) in [4.78, 5) is 15.1. The van der Waals surface area contributed by atoms with Crippen LogP contribution in [-0.4, -0.2) is 53.9 Å². The van der Waals surface area contributed by atoms with Crippen LogP contribution in [0.2, 0.25) is 0 Å². The Bertz CT molecular complexity index is 956. The fourth-order valence-corrected chi connectivity index (χ4v) is 4.13. The number of benzene rings is 2. The van der Waals surface area contributed by atoms with Gasteiger partial charge in [0.1, 0.15) is 11.0 Å². The number of hydrogen-bond acceptors (Lipinski definition) is 7. The highest BCUT2D eigenvalue weighted by Gasteiger charge is 2.30. The molecule has 1 aliphatic rings.